The number of hydrogen-bond donors (Lipinski definition) is 2. The van der Waals surface area contributed by atoms with Crippen LogP contribution in [0.2, 0.25) is 10.0 Å². The number of nitrogens with zero attached hydrogens (tertiary/aromatic N) is 2. The van der Waals surface area contributed by atoms with Gasteiger partial charge in [0.25, 0.3) is 11.8 Å². The maximum atomic E-state index is 12.7. The van der Waals surface area contributed by atoms with E-state index in [2.05, 4.69) is 15.5 Å². The number of nitrogens with one attached hydrogen (secondary N) is 2. The smallest absolute Gasteiger partial charge is 0.255 e. The Morgan fingerprint density at radius 1 is 0.931 bits per heavy atom. The second-order valence-corrected chi connectivity index (χ2v) is 7.94. The van der Waals surface area contributed by atoms with E-state index < -0.39 is 0 Å². The Labute approximate surface area is 181 Å². The molecule has 0 aliphatic rings. The van der Waals surface area contributed by atoms with E-state index >= 15 is 0 Å². The van der Waals surface area contributed by atoms with Crippen molar-refractivity contribution < 1.29 is 9.59 Å². The van der Waals surface area contributed by atoms with Gasteiger partial charge in [-0.3, -0.25) is 9.59 Å². The van der Waals surface area contributed by atoms with Crippen molar-refractivity contribution in [3.8, 4) is 0 Å². The molecule has 2 aromatic rings. The summed E-state index contributed by atoms with van der Waals surface area (Å²) in [4.78, 5) is 29.2. The van der Waals surface area contributed by atoms with Gasteiger partial charge in [-0.25, -0.2) is 0 Å². The minimum absolute atomic E-state index is 0.182. The highest BCUT2D eigenvalue weighted by atomic mass is 35.5. The first kappa shape index (κ1) is 23.0. The largest absolute Gasteiger partial charge is 0.377 e. The third-order valence-corrected chi connectivity index (χ3v) is 4.97. The maximum Gasteiger partial charge on any atom is 0.255 e. The van der Waals surface area contributed by atoms with E-state index in [9.17, 15) is 9.59 Å². The summed E-state index contributed by atoms with van der Waals surface area (Å²) in [7, 11) is 7.72. The monoisotopic (exact) mass is 436 g/mol. The Balaban J connectivity index is 2.17. The summed E-state index contributed by atoms with van der Waals surface area (Å²) in [6, 6.07) is 9.90. The van der Waals surface area contributed by atoms with E-state index in [1.807, 2.05) is 33.1 Å². The molecule has 0 aliphatic carbocycles. The molecular weight excluding hydrogens is 411 g/mol. The summed E-state index contributed by atoms with van der Waals surface area (Å²) < 4.78 is 0. The number of rotatable bonds is 8. The highest BCUT2D eigenvalue weighted by molar-refractivity contribution is 6.42. The van der Waals surface area contributed by atoms with Gasteiger partial charge in [0.15, 0.2) is 0 Å². The third-order valence-electron chi connectivity index (χ3n) is 4.23. The molecule has 29 heavy (non-hydrogen) atoms. The van der Waals surface area contributed by atoms with E-state index in [-0.39, 0.29) is 11.8 Å². The van der Waals surface area contributed by atoms with Gasteiger partial charge < -0.3 is 20.4 Å². The van der Waals surface area contributed by atoms with Gasteiger partial charge in [-0.15, -0.1) is 0 Å². The van der Waals surface area contributed by atoms with Crippen LogP contribution in [0.5, 0.6) is 0 Å². The normalized spacial score (nSPS) is 10.7. The third kappa shape index (κ3) is 6.63. The zero-order valence-corrected chi connectivity index (χ0v) is 18.6. The van der Waals surface area contributed by atoms with Crippen molar-refractivity contribution in [1.82, 2.24) is 10.2 Å². The number of anilines is 2. The van der Waals surface area contributed by atoms with Crippen LogP contribution in [0.1, 0.15) is 27.1 Å². The van der Waals surface area contributed by atoms with Crippen LogP contribution in [-0.4, -0.2) is 58.0 Å². The number of benzene rings is 2. The molecule has 0 bridgehead atoms. The Morgan fingerprint density at radius 3 is 2.28 bits per heavy atom. The van der Waals surface area contributed by atoms with Crippen LogP contribution >= 0.6 is 23.2 Å². The molecule has 8 heteroatoms. The fraction of sp³-hybridized carbons (Fsp3) is 0.333. The second kappa shape index (κ2) is 10.5. The van der Waals surface area contributed by atoms with Crippen molar-refractivity contribution in [3.05, 3.63) is 57.6 Å². The molecule has 0 aliphatic heterocycles. The molecule has 0 saturated heterocycles. The first-order chi connectivity index (χ1) is 13.7. The van der Waals surface area contributed by atoms with E-state index in [0.29, 0.717) is 33.4 Å². The molecule has 0 saturated carbocycles. The second-order valence-electron chi connectivity index (χ2n) is 7.12. The molecule has 6 nitrogen and oxygen atoms in total. The van der Waals surface area contributed by atoms with Gasteiger partial charge in [-0.2, -0.15) is 0 Å². The summed E-state index contributed by atoms with van der Waals surface area (Å²) in [5.41, 5.74) is 2.16. The van der Waals surface area contributed by atoms with Crippen LogP contribution in [0.3, 0.4) is 0 Å². The molecule has 0 aromatic heterocycles. The van der Waals surface area contributed by atoms with Crippen molar-refractivity contribution in [2.24, 2.45) is 0 Å². The van der Waals surface area contributed by atoms with Crippen molar-refractivity contribution in [2.75, 3.05) is 51.5 Å². The van der Waals surface area contributed by atoms with Crippen LogP contribution < -0.4 is 15.5 Å². The average Bonchev–Trinajstić information content (AvgIpc) is 2.66. The minimum atomic E-state index is -0.335. The molecule has 2 aromatic carbocycles. The predicted octanol–water partition coefficient (Wildman–Crippen LogP) is 3.99. The molecule has 0 radical (unpaired) electrons. The zero-order valence-electron chi connectivity index (χ0n) is 17.1. The molecule has 0 spiro atoms. The molecule has 0 atom stereocenters. The highest BCUT2D eigenvalue weighted by Gasteiger charge is 2.15. The Hall–Kier alpha value is -2.28. The van der Waals surface area contributed by atoms with Gasteiger partial charge in [0.05, 0.1) is 15.6 Å². The van der Waals surface area contributed by atoms with Crippen LogP contribution in [0, 0.1) is 0 Å². The molecule has 2 N–H and O–H groups in total. The summed E-state index contributed by atoms with van der Waals surface area (Å²) in [5.74, 6) is -0.517. The molecule has 0 fully saturated rings. The Morgan fingerprint density at radius 2 is 1.66 bits per heavy atom. The number of hydrogen-bond acceptors (Lipinski definition) is 4. The Kier molecular flexibility index (Phi) is 8.32. The molecule has 0 heterocycles. The van der Waals surface area contributed by atoms with E-state index in [1.165, 1.54) is 6.07 Å². The summed E-state index contributed by atoms with van der Waals surface area (Å²) in [6.07, 6.45) is 0.851. The summed E-state index contributed by atoms with van der Waals surface area (Å²) >= 11 is 11.9. The number of halogens is 2. The quantitative estimate of drug-likeness (QED) is 0.613. The summed E-state index contributed by atoms with van der Waals surface area (Å²) in [5, 5.41) is 6.43. The first-order valence-corrected chi connectivity index (χ1v) is 9.95. The van der Waals surface area contributed by atoms with E-state index in [1.54, 1.807) is 30.3 Å². The molecule has 156 valence electrons. The van der Waals surface area contributed by atoms with Crippen molar-refractivity contribution in [2.45, 2.75) is 6.42 Å². The van der Waals surface area contributed by atoms with E-state index in [4.69, 9.17) is 23.2 Å². The lowest BCUT2D eigenvalue weighted by Crippen LogP contribution is -2.28. The van der Waals surface area contributed by atoms with Gasteiger partial charge >= 0.3 is 0 Å². The van der Waals surface area contributed by atoms with E-state index in [0.717, 1.165) is 18.7 Å². The van der Waals surface area contributed by atoms with Crippen molar-refractivity contribution in [1.29, 1.82) is 0 Å². The highest BCUT2D eigenvalue weighted by Crippen LogP contribution is 2.25. The lowest BCUT2D eigenvalue weighted by atomic mass is 10.1. The van der Waals surface area contributed by atoms with Crippen molar-refractivity contribution in [3.63, 3.8) is 0 Å². The lowest BCUT2D eigenvalue weighted by molar-refractivity contribution is 0.0951. The Bertz CT molecular complexity index is 885. The minimum Gasteiger partial charge on any atom is -0.377 e. The average molecular weight is 437 g/mol. The van der Waals surface area contributed by atoms with Gasteiger partial charge in [-0.05, 0) is 63.5 Å². The predicted molar refractivity (Wildman–Crippen MR) is 121 cm³/mol. The topological polar surface area (TPSA) is 64.7 Å². The van der Waals surface area contributed by atoms with Gasteiger partial charge in [0.1, 0.15) is 0 Å². The van der Waals surface area contributed by atoms with Crippen LogP contribution in [0.4, 0.5) is 11.4 Å². The molecular formula is C21H26Cl2N4O2. The molecule has 0 unspecified atom stereocenters. The summed E-state index contributed by atoms with van der Waals surface area (Å²) in [6.45, 7) is 1.46. The number of carbonyl (C=O) groups excluding carboxylic acids is 2. The SMILES string of the molecule is CN(C)CCCNC(=O)c1cc(NC(=O)c2ccc(Cl)c(Cl)c2)ccc1N(C)C. The number of carbonyl (C=O) groups is 2. The molecule has 2 rings (SSSR count). The molecule has 2 amide bonds. The van der Waals surface area contributed by atoms with Gasteiger partial charge in [0, 0.05) is 37.6 Å². The van der Waals surface area contributed by atoms with Crippen molar-refractivity contribution >= 4 is 46.4 Å². The van der Waals surface area contributed by atoms with Gasteiger partial charge in [0.2, 0.25) is 0 Å². The van der Waals surface area contributed by atoms with Crippen LogP contribution in [0.15, 0.2) is 36.4 Å². The fourth-order valence-corrected chi connectivity index (χ4v) is 3.02. The fourth-order valence-electron chi connectivity index (χ4n) is 2.72. The standard InChI is InChI=1S/C21H26Cl2N4O2/c1-26(2)11-5-10-24-21(29)16-13-15(7-9-19(16)27(3)4)25-20(28)14-6-8-17(22)18(23)12-14/h6-9,12-13H,5,10-11H2,1-4H3,(H,24,29)(H,25,28). The first-order valence-electron chi connectivity index (χ1n) is 9.19. The zero-order chi connectivity index (χ0) is 21.6. The maximum absolute atomic E-state index is 12.7. The van der Waals surface area contributed by atoms with Gasteiger partial charge in [-0.1, -0.05) is 23.2 Å². The van der Waals surface area contributed by atoms with Crippen LogP contribution in [-0.2, 0) is 0 Å². The lowest BCUT2D eigenvalue weighted by Gasteiger charge is -2.19. The van der Waals surface area contributed by atoms with Crippen LogP contribution in [0.25, 0.3) is 0 Å². The number of amides is 2.